The molecule has 0 bridgehead atoms. The molecular weight excluding hydrogens is 180 g/mol. The van der Waals surface area contributed by atoms with E-state index in [0.717, 1.165) is 0 Å². The molecule has 0 saturated heterocycles. The molecule has 0 unspecified atom stereocenters. The molecule has 82 valence electrons. The van der Waals surface area contributed by atoms with Crippen molar-refractivity contribution in [2.75, 3.05) is 0 Å². The Hall–Kier alpha value is -0.780. The summed E-state index contributed by atoms with van der Waals surface area (Å²) < 4.78 is 0. The van der Waals surface area contributed by atoms with E-state index in [-0.39, 0.29) is 0 Å². The zero-order valence-corrected chi connectivity index (χ0v) is 10.3. The molecule has 0 aromatic heterocycles. The van der Waals surface area contributed by atoms with Gasteiger partial charge < -0.3 is 0 Å². The van der Waals surface area contributed by atoms with E-state index >= 15 is 0 Å². The quantitative estimate of drug-likeness (QED) is 0.638. The maximum Gasteiger partial charge on any atom is -0.00403 e. The molecule has 0 atom stereocenters. The van der Waals surface area contributed by atoms with Gasteiger partial charge in [-0.05, 0) is 54.2 Å². The van der Waals surface area contributed by atoms with E-state index in [0.29, 0.717) is 5.41 Å². The highest BCUT2D eigenvalue weighted by molar-refractivity contribution is 5.47. The Morgan fingerprint density at radius 1 is 1.13 bits per heavy atom. The molecule has 1 saturated carbocycles. The normalized spacial score (nSPS) is 19.4. The minimum absolute atomic E-state index is 0.667. The van der Waals surface area contributed by atoms with Gasteiger partial charge in [-0.15, -0.1) is 0 Å². The Morgan fingerprint density at radius 3 is 2.47 bits per heavy atom. The Bertz CT molecular complexity index is 345. The molecule has 0 aliphatic heterocycles. The molecule has 15 heavy (non-hydrogen) atoms. The van der Waals surface area contributed by atoms with Crippen molar-refractivity contribution in [3.8, 4) is 0 Å². The van der Waals surface area contributed by atoms with Crippen molar-refractivity contribution < 1.29 is 0 Å². The molecule has 0 heterocycles. The van der Waals surface area contributed by atoms with Crippen molar-refractivity contribution in [3.05, 3.63) is 34.9 Å². The first-order chi connectivity index (χ1) is 7.36. The van der Waals surface area contributed by atoms with Crippen molar-refractivity contribution in [2.24, 2.45) is 0 Å². The van der Waals surface area contributed by atoms with Crippen LogP contribution in [-0.2, 0) is 18.3 Å². The van der Waals surface area contributed by atoms with Gasteiger partial charge in [0.2, 0.25) is 0 Å². The number of fused-ring (bicyclic) bond motifs is 2. The first-order valence-electron chi connectivity index (χ1n) is 6.47. The van der Waals surface area contributed by atoms with Gasteiger partial charge in [0.25, 0.3) is 0 Å². The first kappa shape index (κ1) is 10.7. The smallest absolute Gasteiger partial charge is 0.00403 e. The van der Waals surface area contributed by atoms with Crippen molar-refractivity contribution in [1.82, 2.24) is 0 Å². The summed E-state index contributed by atoms with van der Waals surface area (Å²) in [5, 5.41) is 0. The van der Waals surface area contributed by atoms with Crippen molar-refractivity contribution >= 4 is 0 Å². The molecule has 1 fully saturated rings. The van der Waals surface area contributed by atoms with Crippen LogP contribution in [0.15, 0.2) is 18.2 Å². The minimum atomic E-state index is 0.667. The zero-order chi connectivity index (χ0) is 10.9. The monoisotopic (exact) mass is 202 g/mol. The van der Waals surface area contributed by atoms with Gasteiger partial charge in [0.15, 0.2) is 0 Å². The molecule has 0 nitrogen and oxygen atoms in total. The lowest BCUT2D eigenvalue weighted by Crippen LogP contribution is -1.99. The molecule has 0 radical (unpaired) electrons. The third kappa shape index (κ3) is 1.60. The average Bonchev–Trinajstić information content (AvgIpc) is 2.99. The van der Waals surface area contributed by atoms with E-state index in [1.807, 2.05) is 13.8 Å². The van der Waals surface area contributed by atoms with Gasteiger partial charge in [-0.1, -0.05) is 39.0 Å². The summed E-state index contributed by atoms with van der Waals surface area (Å²) in [5.74, 6) is 0. The number of hydrogen-bond donors (Lipinski definition) is 0. The van der Waals surface area contributed by atoms with E-state index in [1.165, 1.54) is 32.1 Å². The molecule has 0 N–H and O–H groups in total. The molecule has 0 amide bonds. The third-order valence-electron chi connectivity index (χ3n) is 3.93. The van der Waals surface area contributed by atoms with Crippen LogP contribution in [0.25, 0.3) is 0 Å². The van der Waals surface area contributed by atoms with Crippen LogP contribution in [0.5, 0.6) is 0 Å². The summed E-state index contributed by atoms with van der Waals surface area (Å²) in [7, 11) is 0. The second-order valence-corrected chi connectivity index (χ2v) is 4.58. The summed E-state index contributed by atoms with van der Waals surface area (Å²) in [6.45, 7) is 6.27. The van der Waals surface area contributed by atoms with Crippen LogP contribution in [-0.4, -0.2) is 0 Å². The second kappa shape index (κ2) is 4.00. The number of aryl methyl sites for hydroxylation is 1. The lowest BCUT2D eigenvalue weighted by molar-refractivity contribution is 0.681. The molecule has 2 aliphatic carbocycles. The molecular formula is C15H22. The summed E-state index contributed by atoms with van der Waals surface area (Å²) in [6.07, 6.45) is 6.89. The van der Waals surface area contributed by atoms with Gasteiger partial charge in [0.1, 0.15) is 0 Å². The highest BCUT2D eigenvalue weighted by Crippen LogP contribution is 2.57. The van der Waals surface area contributed by atoms with Crippen LogP contribution in [0.1, 0.15) is 56.7 Å². The standard InChI is InChI=1S/C13H16.C2H6/c1-2-10-4-3-5-12-11(10)6-7-13(12)8-9-13;1-2/h3-5H,2,6-9H2,1H3;1-2H3. The summed E-state index contributed by atoms with van der Waals surface area (Å²) in [4.78, 5) is 0. The van der Waals surface area contributed by atoms with Gasteiger partial charge in [-0.25, -0.2) is 0 Å². The van der Waals surface area contributed by atoms with Crippen LogP contribution in [0.2, 0.25) is 0 Å². The van der Waals surface area contributed by atoms with E-state index in [4.69, 9.17) is 0 Å². The topological polar surface area (TPSA) is 0 Å². The van der Waals surface area contributed by atoms with Gasteiger partial charge >= 0.3 is 0 Å². The second-order valence-electron chi connectivity index (χ2n) is 4.58. The SMILES string of the molecule is CC.CCc1cccc2c1CCC21CC1. The fraction of sp³-hybridized carbons (Fsp3) is 0.600. The van der Waals surface area contributed by atoms with Gasteiger partial charge in [0.05, 0.1) is 0 Å². The fourth-order valence-corrected chi connectivity index (χ4v) is 2.93. The first-order valence-corrected chi connectivity index (χ1v) is 6.47. The largest absolute Gasteiger partial charge is 0.0683 e. The maximum atomic E-state index is 2.37. The summed E-state index contributed by atoms with van der Waals surface area (Å²) >= 11 is 0. The maximum absolute atomic E-state index is 2.37. The lowest BCUT2D eigenvalue weighted by Gasteiger charge is -2.09. The highest BCUT2D eigenvalue weighted by atomic mass is 14.5. The van der Waals surface area contributed by atoms with Crippen LogP contribution >= 0.6 is 0 Å². The van der Waals surface area contributed by atoms with E-state index in [9.17, 15) is 0 Å². The Balaban J connectivity index is 0.000000404. The fourth-order valence-electron chi connectivity index (χ4n) is 2.93. The van der Waals surface area contributed by atoms with Crippen molar-refractivity contribution in [1.29, 1.82) is 0 Å². The lowest BCUT2D eigenvalue weighted by atomic mass is 9.96. The Labute approximate surface area is 93.7 Å². The van der Waals surface area contributed by atoms with Gasteiger partial charge in [0, 0.05) is 0 Å². The highest BCUT2D eigenvalue weighted by Gasteiger charge is 2.48. The third-order valence-corrected chi connectivity index (χ3v) is 3.93. The van der Waals surface area contributed by atoms with E-state index < -0.39 is 0 Å². The summed E-state index contributed by atoms with van der Waals surface area (Å²) in [6, 6.07) is 6.93. The molecule has 1 aromatic carbocycles. The van der Waals surface area contributed by atoms with Crippen LogP contribution in [0, 0.1) is 0 Å². The van der Waals surface area contributed by atoms with E-state index in [2.05, 4.69) is 25.1 Å². The molecule has 0 heteroatoms. The van der Waals surface area contributed by atoms with Crippen LogP contribution < -0.4 is 0 Å². The average molecular weight is 202 g/mol. The van der Waals surface area contributed by atoms with Gasteiger partial charge in [-0.3, -0.25) is 0 Å². The number of benzene rings is 1. The van der Waals surface area contributed by atoms with Gasteiger partial charge in [-0.2, -0.15) is 0 Å². The zero-order valence-electron chi connectivity index (χ0n) is 10.3. The van der Waals surface area contributed by atoms with Crippen molar-refractivity contribution in [2.45, 2.75) is 58.3 Å². The minimum Gasteiger partial charge on any atom is -0.0683 e. The molecule has 2 aliphatic rings. The molecule has 3 rings (SSSR count). The van der Waals surface area contributed by atoms with Crippen molar-refractivity contribution in [3.63, 3.8) is 0 Å². The Kier molecular flexibility index (Phi) is 2.86. The predicted octanol–water partition coefficient (Wildman–Crippen LogP) is 4.25. The summed E-state index contributed by atoms with van der Waals surface area (Å²) in [5.41, 5.74) is 5.66. The van der Waals surface area contributed by atoms with Crippen LogP contribution in [0.3, 0.4) is 0 Å². The molecule has 1 spiro atoms. The van der Waals surface area contributed by atoms with Crippen LogP contribution in [0.4, 0.5) is 0 Å². The number of rotatable bonds is 1. The number of hydrogen-bond acceptors (Lipinski definition) is 0. The molecule has 1 aromatic rings. The predicted molar refractivity (Wildman–Crippen MR) is 66.4 cm³/mol. The van der Waals surface area contributed by atoms with E-state index in [1.54, 1.807) is 16.7 Å². The Morgan fingerprint density at radius 2 is 1.87 bits per heavy atom.